The molecule has 0 saturated carbocycles. The van der Waals surface area contributed by atoms with Gasteiger partial charge in [-0.2, -0.15) is 0 Å². The summed E-state index contributed by atoms with van der Waals surface area (Å²) in [6.07, 6.45) is 0. The summed E-state index contributed by atoms with van der Waals surface area (Å²) in [5, 5.41) is 13.0. The van der Waals surface area contributed by atoms with Crippen LogP contribution in [-0.4, -0.2) is 23.9 Å². The molecule has 2 heterocycles. The number of benzene rings is 2. The number of thiophene rings is 1. The summed E-state index contributed by atoms with van der Waals surface area (Å²) in [5.74, 6) is -1.75. The van der Waals surface area contributed by atoms with Crippen molar-refractivity contribution in [3.63, 3.8) is 0 Å². The van der Waals surface area contributed by atoms with Crippen molar-refractivity contribution in [1.29, 1.82) is 0 Å². The van der Waals surface area contributed by atoms with Gasteiger partial charge in [0.25, 0.3) is 11.7 Å². The third kappa shape index (κ3) is 3.66. The highest BCUT2D eigenvalue weighted by molar-refractivity contribution is 9.10. The molecule has 1 amide bonds. The van der Waals surface area contributed by atoms with E-state index in [9.17, 15) is 19.1 Å². The third-order valence-electron chi connectivity index (χ3n) is 5.12. The van der Waals surface area contributed by atoms with Crippen molar-refractivity contribution in [2.24, 2.45) is 0 Å². The number of ether oxygens (including phenoxy) is 1. The Bertz CT molecular complexity index is 1220. The zero-order chi connectivity index (χ0) is 22.3. The highest BCUT2D eigenvalue weighted by Crippen LogP contribution is 2.45. The monoisotopic (exact) mass is 501 g/mol. The Morgan fingerprint density at radius 2 is 1.87 bits per heavy atom. The third-order valence-corrected chi connectivity index (χ3v) is 6.82. The Hall–Kier alpha value is -2.97. The molecule has 1 atom stereocenters. The van der Waals surface area contributed by atoms with E-state index in [4.69, 9.17) is 4.74 Å². The number of aliphatic hydroxyl groups excluding tert-OH is 1. The minimum atomic E-state index is -0.827. The molecule has 5 nitrogen and oxygen atoms in total. The number of ketones is 1. The molecule has 4 rings (SSSR count). The van der Waals surface area contributed by atoms with Crippen molar-refractivity contribution in [2.75, 3.05) is 12.0 Å². The molecule has 2 aromatic carbocycles. The number of hydrogen-bond donors (Lipinski definition) is 1. The lowest BCUT2D eigenvalue weighted by molar-refractivity contribution is -0.132. The number of methoxy groups -OCH3 is 1. The fraction of sp³-hybridized carbons (Fsp3) is 0.130. The van der Waals surface area contributed by atoms with E-state index >= 15 is 0 Å². The second-order valence-electron chi connectivity index (χ2n) is 6.96. The van der Waals surface area contributed by atoms with Crippen molar-refractivity contribution in [3.05, 3.63) is 85.8 Å². The largest absolute Gasteiger partial charge is 0.507 e. The fourth-order valence-corrected chi connectivity index (χ4v) is 5.15. The second kappa shape index (κ2) is 8.28. The molecule has 1 N–H and O–H groups in total. The molecule has 8 heteroatoms. The van der Waals surface area contributed by atoms with Gasteiger partial charge in [0.2, 0.25) is 0 Å². The molecule has 1 saturated heterocycles. The summed E-state index contributed by atoms with van der Waals surface area (Å²) < 4.78 is 19.3. The van der Waals surface area contributed by atoms with Crippen molar-refractivity contribution < 1.29 is 23.8 Å². The molecular formula is C23H17BrFNO4S. The normalized spacial score (nSPS) is 17.9. The second-order valence-corrected chi connectivity index (χ2v) is 8.76. The van der Waals surface area contributed by atoms with Crippen molar-refractivity contribution in [1.82, 2.24) is 0 Å². The van der Waals surface area contributed by atoms with E-state index in [1.54, 1.807) is 18.2 Å². The molecule has 1 aliphatic heterocycles. The van der Waals surface area contributed by atoms with Crippen LogP contribution in [0, 0.1) is 12.7 Å². The lowest BCUT2D eigenvalue weighted by atomic mass is 9.98. The number of nitrogens with zero attached hydrogens (tertiary/aromatic N) is 1. The first kappa shape index (κ1) is 21.3. The predicted octanol–water partition coefficient (Wildman–Crippen LogP) is 5.59. The van der Waals surface area contributed by atoms with Gasteiger partial charge in [-0.3, -0.25) is 14.5 Å². The van der Waals surface area contributed by atoms with Gasteiger partial charge in [-0.05, 0) is 82.3 Å². The highest BCUT2D eigenvalue weighted by atomic mass is 79.9. The van der Waals surface area contributed by atoms with Gasteiger partial charge in [-0.25, -0.2) is 4.39 Å². The Morgan fingerprint density at radius 3 is 2.45 bits per heavy atom. The van der Waals surface area contributed by atoms with Crippen LogP contribution in [0.15, 0.2) is 64.0 Å². The number of halogens is 2. The molecule has 3 aromatic rings. The fourth-order valence-electron chi connectivity index (χ4n) is 3.58. The van der Waals surface area contributed by atoms with E-state index in [1.165, 1.54) is 47.6 Å². The van der Waals surface area contributed by atoms with E-state index in [2.05, 4.69) is 15.9 Å². The number of anilines is 1. The molecule has 0 aliphatic carbocycles. The zero-order valence-electron chi connectivity index (χ0n) is 16.6. The molecule has 158 valence electrons. The average Bonchev–Trinajstić information content (AvgIpc) is 3.29. The molecule has 0 spiro atoms. The SMILES string of the molecule is COc1ccc(/C(O)=C2/C(=O)C(=O)N(c3ccc(F)cc3)C2c2sccc2C)cc1Br. The maximum Gasteiger partial charge on any atom is 0.300 e. The molecular weight excluding hydrogens is 485 g/mol. The number of Topliss-reactive ketones (excluding diaryl/α,β-unsaturated/α-hetero) is 1. The summed E-state index contributed by atoms with van der Waals surface area (Å²) in [6, 6.07) is 11.3. The summed E-state index contributed by atoms with van der Waals surface area (Å²) in [4.78, 5) is 28.2. The molecule has 31 heavy (non-hydrogen) atoms. The molecule has 1 fully saturated rings. The van der Waals surface area contributed by atoms with E-state index in [-0.39, 0.29) is 11.3 Å². The van der Waals surface area contributed by atoms with Gasteiger partial charge in [0.15, 0.2) is 0 Å². The quantitative estimate of drug-likeness (QED) is 0.287. The van der Waals surface area contributed by atoms with Crippen LogP contribution >= 0.6 is 27.3 Å². The standard InChI is InChI=1S/C23H17BrFNO4S/c1-12-9-10-31-22(12)19-18(20(27)13-3-8-17(30-2)16(24)11-13)21(28)23(29)26(19)15-6-4-14(25)5-7-15/h3-11,19,27H,1-2H3/b20-18-. The highest BCUT2D eigenvalue weighted by Gasteiger charge is 2.47. The van der Waals surface area contributed by atoms with E-state index in [0.29, 0.717) is 21.5 Å². The number of hydrogen-bond acceptors (Lipinski definition) is 5. The van der Waals surface area contributed by atoms with Crippen LogP contribution in [0.5, 0.6) is 5.75 Å². The van der Waals surface area contributed by atoms with Gasteiger partial charge in [0.1, 0.15) is 23.4 Å². The van der Waals surface area contributed by atoms with Gasteiger partial charge >= 0.3 is 0 Å². The lowest BCUT2D eigenvalue weighted by Gasteiger charge is -2.25. The van der Waals surface area contributed by atoms with Crippen LogP contribution in [0.25, 0.3) is 5.76 Å². The Kier molecular flexibility index (Phi) is 5.68. The molecule has 1 unspecified atom stereocenters. The molecule has 1 aliphatic rings. The lowest BCUT2D eigenvalue weighted by Crippen LogP contribution is -2.29. The van der Waals surface area contributed by atoms with Gasteiger partial charge < -0.3 is 9.84 Å². The topological polar surface area (TPSA) is 66.8 Å². The Balaban J connectivity index is 1.93. The van der Waals surface area contributed by atoms with E-state index in [0.717, 1.165) is 10.4 Å². The average molecular weight is 502 g/mol. The van der Waals surface area contributed by atoms with Gasteiger partial charge in [-0.15, -0.1) is 11.3 Å². The number of carbonyl (C=O) groups excluding carboxylic acids is 2. The maximum atomic E-state index is 13.5. The molecule has 0 radical (unpaired) electrons. The van der Waals surface area contributed by atoms with Crippen LogP contribution in [0.4, 0.5) is 10.1 Å². The van der Waals surface area contributed by atoms with Gasteiger partial charge in [-0.1, -0.05) is 0 Å². The molecule has 1 aromatic heterocycles. The van der Waals surface area contributed by atoms with Gasteiger partial charge in [0.05, 0.1) is 17.2 Å². The van der Waals surface area contributed by atoms with Gasteiger partial charge in [0, 0.05) is 16.1 Å². The summed E-state index contributed by atoms with van der Waals surface area (Å²) >= 11 is 4.76. The Labute approximate surface area is 190 Å². The predicted molar refractivity (Wildman–Crippen MR) is 121 cm³/mol. The van der Waals surface area contributed by atoms with Crippen LogP contribution in [0.3, 0.4) is 0 Å². The van der Waals surface area contributed by atoms with Crippen LogP contribution in [0.2, 0.25) is 0 Å². The van der Waals surface area contributed by atoms with E-state index in [1.807, 2.05) is 18.4 Å². The summed E-state index contributed by atoms with van der Waals surface area (Å²) in [6.45, 7) is 1.88. The number of amides is 1. The first-order valence-corrected chi connectivity index (χ1v) is 10.9. The summed E-state index contributed by atoms with van der Waals surface area (Å²) in [7, 11) is 1.52. The van der Waals surface area contributed by atoms with Crippen molar-refractivity contribution >= 4 is 50.4 Å². The smallest absolute Gasteiger partial charge is 0.300 e. The molecule has 0 bridgehead atoms. The first-order valence-electron chi connectivity index (χ1n) is 9.28. The minimum absolute atomic E-state index is 0.0167. The zero-order valence-corrected chi connectivity index (χ0v) is 19.0. The number of aryl methyl sites for hydroxylation is 1. The van der Waals surface area contributed by atoms with Crippen LogP contribution in [-0.2, 0) is 9.59 Å². The van der Waals surface area contributed by atoms with E-state index < -0.39 is 23.5 Å². The minimum Gasteiger partial charge on any atom is -0.507 e. The summed E-state index contributed by atoms with van der Waals surface area (Å²) in [5.41, 5.74) is 1.60. The number of rotatable bonds is 4. The number of aliphatic hydroxyl groups is 1. The van der Waals surface area contributed by atoms with Crippen molar-refractivity contribution in [2.45, 2.75) is 13.0 Å². The maximum absolute atomic E-state index is 13.5. The number of carbonyl (C=O) groups is 2. The van der Waals surface area contributed by atoms with Crippen LogP contribution in [0.1, 0.15) is 22.0 Å². The van der Waals surface area contributed by atoms with Crippen molar-refractivity contribution in [3.8, 4) is 5.75 Å². The first-order chi connectivity index (χ1) is 14.8. The van der Waals surface area contributed by atoms with Crippen LogP contribution < -0.4 is 9.64 Å². The Morgan fingerprint density at radius 1 is 1.16 bits per heavy atom.